The maximum Gasteiger partial charge on any atom is 0.267 e. The number of nitrogens with zero attached hydrogens (tertiary/aromatic N) is 3. The number of hydrogen-bond acceptors (Lipinski definition) is 5. The Balaban J connectivity index is 1.83. The average Bonchev–Trinajstić information content (AvgIpc) is 3.22. The lowest BCUT2D eigenvalue weighted by molar-refractivity contribution is -0.119. The van der Waals surface area contributed by atoms with Gasteiger partial charge in [-0.15, -0.1) is 0 Å². The fourth-order valence-corrected chi connectivity index (χ4v) is 2.95. The minimum absolute atomic E-state index is 0.0238. The normalized spacial score (nSPS) is 15.4. The Labute approximate surface area is 168 Å². The molecule has 0 saturated carbocycles. The molecule has 0 spiro atoms. The van der Waals surface area contributed by atoms with E-state index >= 15 is 0 Å². The van der Waals surface area contributed by atoms with Gasteiger partial charge < -0.3 is 9.73 Å². The van der Waals surface area contributed by atoms with E-state index in [1.165, 1.54) is 6.26 Å². The van der Waals surface area contributed by atoms with Crippen molar-refractivity contribution in [1.29, 1.82) is 0 Å². The Morgan fingerprint density at radius 1 is 1.23 bits per heavy atom. The van der Waals surface area contributed by atoms with Crippen LogP contribution in [-0.4, -0.2) is 43.1 Å². The van der Waals surface area contributed by atoms with Gasteiger partial charge in [-0.1, -0.05) is 0 Å². The van der Waals surface area contributed by atoms with Crippen LogP contribution in [-0.2, 0) is 9.59 Å². The van der Waals surface area contributed by atoms with Gasteiger partial charge in [0.1, 0.15) is 17.2 Å². The van der Waals surface area contributed by atoms with Gasteiger partial charge in [-0.3, -0.25) is 14.5 Å². The molecule has 1 aromatic carbocycles. The van der Waals surface area contributed by atoms with Crippen molar-refractivity contribution in [3.8, 4) is 0 Å². The highest BCUT2D eigenvalue weighted by molar-refractivity contribution is 6.40. The van der Waals surface area contributed by atoms with Crippen LogP contribution in [0.1, 0.15) is 24.6 Å². The average molecular weight is 426 g/mol. The minimum atomic E-state index is -1.78. The number of furan rings is 1. The van der Waals surface area contributed by atoms with E-state index < -0.39 is 40.8 Å². The molecule has 0 saturated heterocycles. The van der Waals surface area contributed by atoms with Crippen LogP contribution in [0, 0.1) is 23.3 Å². The summed E-state index contributed by atoms with van der Waals surface area (Å²) < 4.78 is 60.5. The highest BCUT2D eigenvalue weighted by atomic mass is 19.2. The summed E-state index contributed by atoms with van der Waals surface area (Å²) in [7, 11) is 3.56. The second-order valence-electron chi connectivity index (χ2n) is 6.77. The molecule has 2 aromatic rings. The van der Waals surface area contributed by atoms with Gasteiger partial charge in [0.15, 0.2) is 23.3 Å². The predicted molar refractivity (Wildman–Crippen MR) is 98.6 cm³/mol. The van der Waals surface area contributed by atoms with Crippen molar-refractivity contribution in [2.45, 2.75) is 18.9 Å². The van der Waals surface area contributed by atoms with Gasteiger partial charge >= 0.3 is 0 Å². The molecule has 1 aliphatic rings. The number of hydrazone groups is 1. The third kappa shape index (κ3) is 4.20. The van der Waals surface area contributed by atoms with E-state index in [2.05, 4.69) is 10.4 Å². The number of hydrogen-bond donors (Lipinski definition) is 1. The quantitative estimate of drug-likeness (QED) is 0.569. The second-order valence-corrected chi connectivity index (χ2v) is 6.77. The van der Waals surface area contributed by atoms with Crippen molar-refractivity contribution < 1.29 is 31.6 Å². The first kappa shape index (κ1) is 21.5. The molecule has 7 nitrogen and oxygen atoms in total. The van der Waals surface area contributed by atoms with E-state index in [1.54, 1.807) is 31.1 Å². The Morgan fingerprint density at radius 2 is 1.90 bits per heavy atom. The molecule has 0 bridgehead atoms. The number of carbonyl (C=O) groups excluding carboxylic acids is 2. The van der Waals surface area contributed by atoms with Gasteiger partial charge in [0.25, 0.3) is 5.91 Å². The number of amides is 2. The topological polar surface area (TPSA) is 78.2 Å². The van der Waals surface area contributed by atoms with E-state index in [0.29, 0.717) is 5.76 Å². The lowest BCUT2D eigenvalue weighted by Gasteiger charge is -2.25. The Hall–Kier alpha value is -3.21. The number of benzene rings is 1. The van der Waals surface area contributed by atoms with Gasteiger partial charge in [-0.05, 0) is 26.2 Å². The monoisotopic (exact) mass is 426 g/mol. The third-order valence-corrected chi connectivity index (χ3v) is 4.55. The summed E-state index contributed by atoms with van der Waals surface area (Å²) in [5.41, 5.74) is -1.51. The fraction of sp³-hybridized carbons (Fsp3) is 0.316. The summed E-state index contributed by atoms with van der Waals surface area (Å²) in [4.78, 5) is 26.4. The molecule has 2 heterocycles. The number of anilines is 1. The summed E-state index contributed by atoms with van der Waals surface area (Å²) in [6.07, 6.45) is 1.07. The first-order chi connectivity index (χ1) is 14.2. The van der Waals surface area contributed by atoms with Crippen molar-refractivity contribution in [2.75, 3.05) is 25.6 Å². The second kappa shape index (κ2) is 8.66. The van der Waals surface area contributed by atoms with Crippen molar-refractivity contribution in [3.05, 3.63) is 53.5 Å². The van der Waals surface area contributed by atoms with E-state index in [4.69, 9.17) is 4.42 Å². The molecule has 30 heavy (non-hydrogen) atoms. The van der Waals surface area contributed by atoms with Crippen molar-refractivity contribution in [2.24, 2.45) is 5.10 Å². The number of halogens is 4. The lowest BCUT2D eigenvalue weighted by Crippen LogP contribution is -2.42. The van der Waals surface area contributed by atoms with Crippen LogP contribution < -0.4 is 10.3 Å². The van der Waals surface area contributed by atoms with E-state index in [1.807, 2.05) is 0 Å². The number of rotatable bonds is 6. The summed E-state index contributed by atoms with van der Waals surface area (Å²) in [6.45, 7) is 0.115. The zero-order chi connectivity index (χ0) is 22.0. The highest BCUT2D eigenvalue weighted by Crippen LogP contribution is 2.30. The van der Waals surface area contributed by atoms with Gasteiger partial charge in [-0.25, -0.2) is 17.6 Å². The van der Waals surface area contributed by atoms with Gasteiger partial charge in [0.05, 0.1) is 12.3 Å². The molecule has 1 aromatic heterocycles. The smallest absolute Gasteiger partial charge is 0.267 e. The largest absolute Gasteiger partial charge is 0.468 e. The van der Waals surface area contributed by atoms with E-state index in [-0.39, 0.29) is 42.2 Å². The molecule has 1 atom stereocenters. The van der Waals surface area contributed by atoms with Crippen LogP contribution in [0.3, 0.4) is 0 Å². The molecule has 0 unspecified atom stereocenters. The molecule has 0 fully saturated rings. The lowest BCUT2D eigenvalue weighted by atomic mass is 10.1. The van der Waals surface area contributed by atoms with Crippen LogP contribution in [0.4, 0.5) is 23.2 Å². The molecule has 2 amide bonds. The molecule has 160 valence electrons. The van der Waals surface area contributed by atoms with Gasteiger partial charge in [0, 0.05) is 25.5 Å². The van der Waals surface area contributed by atoms with Crippen molar-refractivity contribution >= 4 is 23.2 Å². The zero-order valence-corrected chi connectivity index (χ0v) is 16.1. The zero-order valence-electron chi connectivity index (χ0n) is 16.1. The Morgan fingerprint density at radius 3 is 2.47 bits per heavy atom. The molecular weight excluding hydrogens is 408 g/mol. The first-order valence-corrected chi connectivity index (χ1v) is 8.92. The Bertz CT molecular complexity index is 966. The fourth-order valence-electron chi connectivity index (χ4n) is 2.95. The van der Waals surface area contributed by atoms with Crippen molar-refractivity contribution in [1.82, 2.24) is 10.2 Å². The molecule has 0 radical (unpaired) electrons. The molecule has 1 N–H and O–H groups in total. The Kier molecular flexibility index (Phi) is 6.20. The number of likely N-dealkylation sites (N-methyl/N-ethyl adjacent to an activating group) is 1. The van der Waals surface area contributed by atoms with Crippen LogP contribution in [0.2, 0.25) is 0 Å². The van der Waals surface area contributed by atoms with Crippen LogP contribution >= 0.6 is 0 Å². The molecule has 3 rings (SSSR count). The highest BCUT2D eigenvalue weighted by Gasteiger charge is 2.32. The first-order valence-electron chi connectivity index (χ1n) is 8.92. The third-order valence-electron chi connectivity index (χ3n) is 4.55. The van der Waals surface area contributed by atoms with E-state index in [9.17, 15) is 27.2 Å². The number of carbonyl (C=O) groups is 2. The van der Waals surface area contributed by atoms with Gasteiger partial charge in [0.2, 0.25) is 5.91 Å². The SMILES string of the molecule is CN(C)[C@@H](CNC(=O)C1=NN(c2c(F)c(F)cc(F)c2F)C(=O)CC1)c1ccco1. The molecule has 0 aliphatic carbocycles. The molecular formula is C19H18F4N4O3. The maximum atomic E-state index is 14.1. The van der Waals surface area contributed by atoms with Crippen LogP contribution in [0.25, 0.3) is 0 Å². The predicted octanol–water partition coefficient (Wildman–Crippen LogP) is 2.74. The van der Waals surface area contributed by atoms with Gasteiger partial charge in [-0.2, -0.15) is 10.1 Å². The maximum absolute atomic E-state index is 14.1. The summed E-state index contributed by atoms with van der Waals surface area (Å²) >= 11 is 0. The van der Waals surface area contributed by atoms with Crippen LogP contribution in [0.15, 0.2) is 34.0 Å². The summed E-state index contributed by atoms with van der Waals surface area (Å²) in [5.74, 6) is -7.93. The molecule has 11 heteroatoms. The number of nitrogens with one attached hydrogen (secondary N) is 1. The van der Waals surface area contributed by atoms with Crippen molar-refractivity contribution in [3.63, 3.8) is 0 Å². The summed E-state index contributed by atoms with van der Waals surface area (Å²) in [6, 6.07) is 3.15. The standard InChI is InChI=1S/C19H18F4N4O3/c1-26(2)13(14-4-3-7-30-14)9-24-19(29)12-5-6-15(28)27(25-12)18-16(22)10(20)8-11(21)17(18)23/h3-4,7-8,13H,5-6,9H2,1-2H3,(H,24,29)/t13-/m0/s1. The minimum Gasteiger partial charge on any atom is -0.468 e. The van der Waals surface area contributed by atoms with Crippen LogP contribution in [0.5, 0.6) is 0 Å². The van der Waals surface area contributed by atoms with E-state index in [0.717, 1.165) is 0 Å². The summed E-state index contributed by atoms with van der Waals surface area (Å²) in [5, 5.41) is 6.46. The molecule has 1 aliphatic heterocycles.